The molecule has 0 radical (unpaired) electrons. The first-order chi connectivity index (χ1) is 14.5. The Balaban J connectivity index is 1.61. The van der Waals surface area contributed by atoms with Gasteiger partial charge in [0.05, 0.1) is 11.1 Å². The van der Waals surface area contributed by atoms with Gasteiger partial charge in [-0.05, 0) is 30.2 Å². The number of benzene rings is 2. The molecule has 4 aromatic rings. The van der Waals surface area contributed by atoms with Crippen molar-refractivity contribution < 1.29 is 18.3 Å². The van der Waals surface area contributed by atoms with E-state index in [9.17, 15) is 8.78 Å². The fraction of sp³-hybridized carbons (Fsp3) is 0.190. The standard InChI is InChI=1S/C21H19F2N5O2/c1-29-8-7-17(24)12-3-2-4-13(9-12)19-15-11-25-21(26-20(15)28-27-19)30-18-6-5-14(22)10-16(18)23/h2-6,9-11,17H,7-8,24H2,1H3,(H,25,26,27,28). The van der Waals surface area contributed by atoms with Gasteiger partial charge in [0.1, 0.15) is 5.82 Å². The Bertz CT molecular complexity index is 1180. The molecule has 0 aliphatic rings. The number of fused-ring (bicyclic) bond motifs is 1. The summed E-state index contributed by atoms with van der Waals surface area (Å²) in [4.78, 5) is 8.33. The largest absolute Gasteiger partial charge is 0.421 e. The van der Waals surface area contributed by atoms with Crippen LogP contribution >= 0.6 is 0 Å². The summed E-state index contributed by atoms with van der Waals surface area (Å²) in [5, 5.41) is 7.82. The van der Waals surface area contributed by atoms with Crippen molar-refractivity contribution in [1.82, 2.24) is 20.2 Å². The van der Waals surface area contributed by atoms with Gasteiger partial charge in [-0.2, -0.15) is 10.1 Å². The van der Waals surface area contributed by atoms with Crippen molar-refractivity contribution in [3.05, 3.63) is 65.9 Å². The quantitative estimate of drug-likeness (QED) is 0.475. The molecule has 0 fully saturated rings. The Hall–Kier alpha value is -3.43. The van der Waals surface area contributed by atoms with E-state index in [1.165, 1.54) is 12.3 Å². The van der Waals surface area contributed by atoms with E-state index in [0.29, 0.717) is 24.1 Å². The minimum Gasteiger partial charge on any atom is -0.421 e. The van der Waals surface area contributed by atoms with Crippen LogP contribution in [0.2, 0.25) is 0 Å². The van der Waals surface area contributed by atoms with Crippen molar-refractivity contribution in [2.45, 2.75) is 12.5 Å². The lowest BCUT2D eigenvalue weighted by molar-refractivity contribution is 0.188. The molecular weight excluding hydrogens is 392 g/mol. The summed E-state index contributed by atoms with van der Waals surface area (Å²) in [7, 11) is 1.64. The van der Waals surface area contributed by atoms with Crippen LogP contribution in [0.15, 0.2) is 48.7 Å². The lowest BCUT2D eigenvalue weighted by Gasteiger charge is -2.12. The van der Waals surface area contributed by atoms with Crippen LogP contribution in [-0.4, -0.2) is 33.9 Å². The molecule has 9 heteroatoms. The van der Waals surface area contributed by atoms with E-state index in [0.717, 1.165) is 29.0 Å². The number of hydrogen-bond acceptors (Lipinski definition) is 6. The average molecular weight is 411 g/mol. The number of hydrogen-bond donors (Lipinski definition) is 2. The normalized spacial score (nSPS) is 12.3. The monoisotopic (exact) mass is 411 g/mol. The number of nitrogens with two attached hydrogens (primary N) is 1. The minimum atomic E-state index is -0.844. The van der Waals surface area contributed by atoms with Crippen LogP contribution in [0.4, 0.5) is 8.78 Å². The molecule has 0 saturated heterocycles. The Labute approximate surface area is 170 Å². The second-order valence-corrected chi connectivity index (χ2v) is 6.68. The summed E-state index contributed by atoms with van der Waals surface area (Å²) in [5.41, 5.74) is 9.16. The minimum absolute atomic E-state index is 0.0959. The maximum Gasteiger partial charge on any atom is 0.324 e. The Kier molecular flexibility index (Phi) is 5.64. The second-order valence-electron chi connectivity index (χ2n) is 6.68. The van der Waals surface area contributed by atoms with E-state index < -0.39 is 11.6 Å². The second kappa shape index (κ2) is 8.52. The molecule has 0 amide bonds. The first-order valence-electron chi connectivity index (χ1n) is 9.24. The zero-order valence-electron chi connectivity index (χ0n) is 16.1. The number of aromatic nitrogens is 4. The van der Waals surface area contributed by atoms with E-state index in [1.54, 1.807) is 7.11 Å². The molecule has 2 heterocycles. The summed E-state index contributed by atoms with van der Waals surface area (Å²) in [5.74, 6) is -1.72. The zero-order valence-corrected chi connectivity index (χ0v) is 16.1. The van der Waals surface area contributed by atoms with Crippen LogP contribution in [0, 0.1) is 11.6 Å². The van der Waals surface area contributed by atoms with Gasteiger partial charge in [0, 0.05) is 37.6 Å². The Morgan fingerprint density at radius 3 is 2.83 bits per heavy atom. The number of rotatable bonds is 7. The van der Waals surface area contributed by atoms with E-state index >= 15 is 0 Å². The van der Waals surface area contributed by atoms with Crippen molar-refractivity contribution in [1.29, 1.82) is 0 Å². The van der Waals surface area contributed by atoms with E-state index in [4.69, 9.17) is 15.2 Å². The van der Waals surface area contributed by atoms with Gasteiger partial charge in [0.15, 0.2) is 17.2 Å². The molecular formula is C21H19F2N5O2. The van der Waals surface area contributed by atoms with Gasteiger partial charge in [-0.3, -0.25) is 5.10 Å². The number of ether oxygens (including phenoxy) is 2. The van der Waals surface area contributed by atoms with Gasteiger partial charge >= 0.3 is 6.01 Å². The van der Waals surface area contributed by atoms with Gasteiger partial charge in [0.2, 0.25) is 0 Å². The van der Waals surface area contributed by atoms with E-state index in [2.05, 4.69) is 20.2 Å². The predicted octanol–water partition coefficient (Wildman–Crippen LogP) is 4.13. The van der Waals surface area contributed by atoms with Gasteiger partial charge in [0.25, 0.3) is 0 Å². The predicted molar refractivity (Wildman–Crippen MR) is 107 cm³/mol. The van der Waals surface area contributed by atoms with Crippen LogP contribution in [0.25, 0.3) is 22.3 Å². The lowest BCUT2D eigenvalue weighted by atomic mass is 10.0. The summed E-state index contributed by atoms with van der Waals surface area (Å²) in [6.07, 6.45) is 2.24. The molecule has 7 nitrogen and oxygen atoms in total. The third-order valence-corrected chi connectivity index (χ3v) is 4.62. The average Bonchev–Trinajstić information content (AvgIpc) is 3.17. The SMILES string of the molecule is COCCC(N)c1cccc(-c2[nH]nc3nc(Oc4ccc(F)cc4F)ncc23)c1. The summed E-state index contributed by atoms with van der Waals surface area (Å²) >= 11 is 0. The molecule has 0 aliphatic heterocycles. The van der Waals surface area contributed by atoms with Crippen LogP contribution in [0.1, 0.15) is 18.0 Å². The van der Waals surface area contributed by atoms with Crippen LogP contribution in [0.5, 0.6) is 11.8 Å². The van der Waals surface area contributed by atoms with Crippen molar-refractivity contribution in [2.24, 2.45) is 5.73 Å². The molecule has 0 bridgehead atoms. The zero-order chi connectivity index (χ0) is 21.1. The van der Waals surface area contributed by atoms with Crippen molar-refractivity contribution >= 4 is 11.0 Å². The molecule has 2 aromatic heterocycles. The summed E-state index contributed by atoms with van der Waals surface area (Å²) in [6, 6.07) is 10.5. The number of nitrogens with one attached hydrogen (secondary N) is 1. The Morgan fingerprint density at radius 1 is 1.17 bits per heavy atom. The topological polar surface area (TPSA) is 98.9 Å². The highest BCUT2D eigenvalue weighted by molar-refractivity contribution is 5.90. The van der Waals surface area contributed by atoms with Gasteiger partial charge in [-0.25, -0.2) is 13.8 Å². The first kappa shape index (κ1) is 19.9. The van der Waals surface area contributed by atoms with Crippen molar-refractivity contribution in [3.63, 3.8) is 0 Å². The number of methoxy groups -OCH3 is 1. The lowest BCUT2D eigenvalue weighted by Crippen LogP contribution is -2.12. The van der Waals surface area contributed by atoms with Gasteiger partial charge in [-0.15, -0.1) is 0 Å². The number of nitrogens with zero attached hydrogens (tertiary/aromatic N) is 3. The molecule has 3 N–H and O–H groups in total. The highest BCUT2D eigenvalue weighted by Crippen LogP contribution is 2.29. The molecule has 154 valence electrons. The maximum atomic E-state index is 13.8. The summed E-state index contributed by atoms with van der Waals surface area (Å²) < 4.78 is 37.3. The molecule has 0 spiro atoms. The third kappa shape index (κ3) is 4.12. The fourth-order valence-electron chi connectivity index (χ4n) is 3.05. The van der Waals surface area contributed by atoms with Gasteiger partial charge < -0.3 is 15.2 Å². The highest BCUT2D eigenvalue weighted by Gasteiger charge is 2.14. The Morgan fingerprint density at radius 2 is 2.03 bits per heavy atom. The smallest absolute Gasteiger partial charge is 0.324 e. The fourth-order valence-corrected chi connectivity index (χ4v) is 3.05. The van der Waals surface area contributed by atoms with E-state index in [1.807, 2.05) is 24.3 Å². The molecule has 1 atom stereocenters. The molecule has 0 saturated carbocycles. The van der Waals surface area contributed by atoms with Crippen LogP contribution in [0.3, 0.4) is 0 Å². The summed E-state index contributed by atoms with van der Waals surface area (Å²) in [6.45, 7) is 0.573. The highest BCUT2D eigenvalue weighted by atomic mass is 19.1. The molecule has 0 aliphatic carbocycles. The van der Waals surface area contributed by atoms with E-state index in [-0.39, 0.29) is 17.8 Å². The maximum absolute atomic E-state index is 13.8. The first-order valence-corrected chi connectivity index (χ1v) is 9.24. The number of aromatic amines is 1. The van der Waals surface area contributed by atoms with Crippen molar-refractivity contribution in [3.8, 4) is 23.0 Å². The van der Waals surface area contributed by atoms with Crippen LogP contribution < -0.4 is 10.5 Å². The van der Waals surface area contributed by atoms with Crippen molar-refractivity contribution in [2.75, 3.05) is 13.7 Å². The molecule has 1 unspecified atom stereocenters. The molecule has 2 aromatic carbocycles. The molecule has 4 rings (SSSR count). The van der Waals surface area contributed by atoms with Crippen LogP contribution in [-0.2, 0) is 4.74 Å². The third-order valence-electron chi connectivity index (χ3n) is 4.62. The number of H-pyrrole nitrogens is 1. The van der Waals surface area contributed by atoms with Gasteiger partial charge in [-0.1, -0.05) is 18.2 Å². The number of halogens is 2. The molecule has 30 heavy (non-hydrogen) atoms.